The molecular weight excluding hydrogens is 431 g/mol. The molecule has 5 heteroatoms. The average Bonchev–Trinajstić information content (AvgIpc) is 2.83. The highest BCUT2D eigenvalue weighted by atomic mass is 31.2. The molecule has 176 valence electrons. The number of hydrogen-bond acceptors (Lipinski definition) is 4. The molecule has 4 nitrogen and oxygen atoms in total. The Bertz CT molecular complexity index is 930. The van der Waals surface area contributed by atoms with Crippen molar-refractivity contribution in [2.24, 2.45) is 0 Å². The first-order chi connectivity index (χ1) is 16.2. The van der Waals surface area contributed by atoms with Crippen LogP contribution in [-0.4, -0.2) is 0 Å². The third-order valence-electron chi connectivity index (χ3n) is 5.40. The molecule has 0 atom stereocenters. The normalized spacial score (nSPS) is 11.2. The van der Waals surface area contributed by atoms with Crippen LogP contribution in [0, 0.1) is 0 Å². The van der Waals surface area contributed by atoms with Crippen LogP contribution in [0.2, 0.25) is 0 Å². The molecule has 0 unspecified atom stereocenters. The van der Waals surface area contributed by atoms with E-state index in [4.69, 9.17) is 13.6 Å². The van der Waals surface area contributed by atoms with Gasteiger partial charge in [0.25, 0.3) is 0 Å². The van der Waals surface area contributed by atoms with Crippen molar-refractivity contribution >= 4 is 7.82 Å². The summed E-state index contributed by atoms with van der Waals surface area (Å²) in [6.07, 6.45) is 10.9. The first-order valence-electron chi connectivity index (χ1n) is 12.1. The molecule has 3 aromatic rings. The Morgan fingerprint density at radius 1 is 0.576 bits per heavy atom. The van der Waals surface area contributed by atoms with Gasteiger partial charge in [0.15, 0.2) is 0 Å². The van der Waals surface area contributed by atoms with Gasteiger partial charge in [-0.1, -0.05) is 106 Å². The van der Waals surface area contributed by atoms with Gasteiger partial charge in [-0.3, -0.25) is 0 Å². The zero-order valence-electron chi connectivity index (χ0n) is 19.5. The summed E-state index contributed by atoms with van der Waals surface area (Å²) in [5.41, 5.74) is 1.01. The van der Waals surface area contributed by atoms with Gasteiger partial charge in [-0.05, 0) is 48.7 Å². The predicted molar refractivity (Wildman–Crippen MR) is 135 cm³/mol. The Balaban J connectivity index is 1.65. The van der Waals surface area contributed by atoms with Gasteiger partial charge in [0.05, 0.1) is 0 Å². The Hall–Kier alpha value is -2.71. The van der Waals surface area contributed by atoms with Crippen LogP contribution < -0.4 is 13.6 Å². The summed E-state index contributed by atoms with van der Waals surface area (Å²) in [6.45, 7) is 2.24. The molecule has 0 bridgehead atoms. The van der Waals surface area contributed by atoms with E-state index in [1.54, 1.807) is 24.3 Å². The minimum absolute atomic E-state index is 0.428. The zero-order chi connectivity index (χ0) is 23.2. The molecule has 0 amide bonds. The van der Waals surface area contributed by atoms with Crippen molar-refractivity contribution in [2.75, 3.05) is 0 Å². The first-order valence-corrected chi connectivity index (χ1v) is 13.5. The Labute approximate surface area is 198 Å². The van der Waals surface area contributed by atoms with E-state index in [1.165, 1.54) is 44.9 Å². The van der Waals surface area contributed by atoms with E-state index >= 15 is 0 Å². The minimum Gasteiger partial charge on any atom is -0.386 e. The molecular formula is C28H35O4P. The van der Waals surface area contributed by atoms with Crippen LogP contribution in [-0.2, 0) is 11.0 Å². The van der Waals surface area contributed by atoms with Crippen molar-refractivity contribution in [3.63, 3.8) is 0 Å². The number of aryl methyl sites for hydroxylation is 1. The van der Waals surface area contributed by atoms with E-state index in [9.17, 15) is 4.57 Å². The van der Waals surface area contributed by atoms with Crippen LogP contribution >= 0.6 is 7.82 Å². The fourth-order valence-corrected chi connectivity index (χ4v) is 4.94. The fourth-order valence-electron chi connectivity index (χ4n) is 3.65. The quantitative estimate of drug-likeness (QED) is 0.166. The lowest BCUT2D eigenvalue weighted by atomic mass is 10.0. The van der Waals surface area contributed by atoms with Gasteiger partial charge in [0, 0.05) is 0 Å². The van der Waals surface area contributed by atoms with Crippen LogP contribution in [0.1, 0.15) is 63.9 Å². The van der Waals surface area contributed by atoms with Crippen molar-refractivity contribution in [3.05, 3.63) is 90.5 Å². The average molecular weight is 467 g/mol. The lowest BCUT2D eigenvalue weighted by Crippen LogP contribution is -2.08. The van der Waals surface area contributed by atoms with Crippen LogP contribution in [0.4, 0.5) is 0 Å². The molecule has 3 rings (SSSR count). The van der Waals surface area contributed by atoms with Gasteiger partial charge < -0.3 is 13.6 Å². The lowest BCUT2D eigenvalue weighted by Gasteiger charge is -2.21. The number of phosphoric acid groups is 1. The van der Waals surface area contributed by atoms with Crippen molar-refractivity contribution in [1.29, 1.82) is 0 Å². The third kappa shape index (κ3) is 8.98. The van der Waals surface area contributed by atoms with Crippen molar-refractivity contribution in [3.8, 4) is 17.2 Å². The van der Waals surface area contributed by atoms with Gasteiger partial charge in [0.1, 0.15) is 17.2 Å². The van der Waals surface area contributed by atoms with E-state index < -0.39 is 7.82 Å². The highest BCUT2D eigenvalue weighted by Crippen LogP contribution is 2.50. The smallest absolute Gasteiger partial charge is 0.386 e. The second-order valence-corrected chi connectivity index (χ2v) is 9.62. The van der Waals surface area contributed by atoms with Crippen molar-refractivity contribution < 1.29 is 18.1 Å². The highest BCUT2D eigenvalue weighted by Gasteiger charge is 2.33. The van der Waals surface area contributed by atoms with Gasteiger partial charge >= 0.3 is 7.82 Å². The maximum atomic E-state index is 13.7. The van der Waals surface area contributed by atoms with Gasteiger partial charge in [-0.25, -0.2) is 0 Å². The molecule has 0 fully saturated rings. The Morgan fingerprint density at radius 3 is 1.64 bits per heavy atom. The molecule has 33 heavy (non-hydrogen) atoms. The molecule has 0 radical (unpaired) electrons. The molecule has 0 aromatic heterocycles. The van der Waals surface area contributed by atoms with E-state index in [0.29, 0.717) is 17.2 Å². The van der Waals surface area contributed by atoms with E-state index in [-0.39, 0.29) is 0 Å². The van der Waals surface area contributed by atoms with Crippen molar-refractivity contribution in [2.45, 2.75) is 64.7 Å². The second-order valence-electron chi connectivity index (χ2n) is 8.18. The number of rotatable bonds is 15. The minimum atomic E-state index is -3.97. The summed E-state index contributed by atoms with van der Waals surface area (Å²) in [5, 5.41) is 0. The molecule has 3 aromatic carbocycles. The first kappa shape index (κ1) is 24.9. The molecule has 0 N–H and O–H groups in total. The summed E-state index contributed by atoms with van der Waals surface area (Å²) < 4.78 is 31.2. The number of unbranched alkanes of at least 4 members (excludes halogenated alkanes) is 7. The third-order valence-corrected chi connectivity index (χ3v) is 6.69. The lowest BCUT2D eigenvalue weighted by molar-refractivity contribution is 0.297. The molecule has 0 spiro atoms. The molecule has 0 aliphatic heterocycles. The second kappa shape index (κ2) is 13.7. The van der Waals surface area contributed by atoms with E-state index in [0.717, 1.165) is 18.4 Å². The standard InChI is InChI=1S/C28H35O4P/c1-2-3-4-5-6-7-8-11-18-25-19-16-17-24-28(25)32-33(29,30-26-20-12-9-13-21-26)31-27-22-14-10-15-23-27/h9-10,12-17,19-24H,2-8,11,18H2,1H3. The van der Waals surface area contributed by atoms with Crippen LogP contribution in [0.3, 0.4) is 0 Å². The van der Waals surface area contributed by atoms with Crippen molar-refractivity contribution in [1.82, 2.24) is 0 Å². The number of hydrogen-bond donors (Lipinski definition) is 0. The van der Waals surface area contributed by atoms with Gasteiger partial charge in [-0.15, -0.1) is 0 Å². The Morgan fingerprint density at radius 2 is 1.06 bits per heavy atom. The van der Waals surface area contributed by atoms with Crippen LogP contribution in [0.5, 0.6) is 17.2 Å². The largest absolute Gasteiger partial charge is 0.647 e. The summed E-state index contributed by atoms with van der Waals surface area (Å²) >= 11 is 0. The maximum Gasteiger partial charge on any atom is 0.647 e. The van der Waals surface area contributed by atoms with E-state index in [2.05, 4.69) is 6.92 Å². The SMILES string of the molecule is CCCCCCCCCCc1ccccc1OP(=O)(Oc1ccccc1)Oc1ccccc1. The topological polar surface area (TPSA) is 44.8 Å². The molecule has 0 aliphatic carbocycles. The van der Waals surface area contributed by atoms with Gasteiger partial charge in [-0.2, -0.15) is 4.57 Å². The highest BCUT2D eigenvalue weighted by molar-refractivity contribution is 7.49. The summed E-state index contributed by atoms with van der Waals surface area (Å²) in [6, 6.07) is 25.7. The molecule has 0 saturated carbocycles. The van der Waals surface area contributed by atoms with Gasteiger partial charge in [0.2, 0.25) is 0 Å². The Kier molecular flexibility index (Phi) is 10.4. The predicted octanol–water partition coefficient (Wildman–Crippen LogP) is 9.01. The maximum absolute atomic E-state index is 13.7. The summed E-state index contributed by atoms with van der Waals surface area (Å²) in [4.78, 5) is 0. The molecule has 0 heterocycles. The van der Waals surface area contributed by atoms with Crippen LogP contribution in [0.25, 0.3) is 0 Å². The number of benzene rings is 3. The molecule has 0 saturated heterocycles. The fraction of sp³-hybridized carbons (Fsp3) is 0.357. The number of phosphoric ester groups is 1. The van der Waals surface area contributed by atoms with E-state index in [1.807, 2.05) is 60.7 Å². The molecule has 0 aliphatic rings. The summed E-state index contributed by atoms with van der Waals surface area (Å²) in [5.74, 6) is 1.39. The number of para-hydroxylation sites is 3. The monoisotopic (exact) mass is 466 g/mol. The van der Waals surface area contributed by atoms with Crippen LogP contribution in [0.15, 0.2) is 84.9 Å². The summed E-state index contributed by atoms with van der Waals surface area (Å²) in [7, 11) is -3.97. The zero-order valence-corrected chi connectivity index (χ0v) is 20.4.